The van der Waals surface area contributed by atoms with Crippen molar-refractivity contribution in [1.82, 2.24) is 5.43 Å². The standard InChI is InChI=1S/C16H18Cl2N2/c1-11-4-2-3-5-12(11)9-15(20-19)10-13-8-14(17)6-7-16(13)18/h2-8,15,20H,9-10,19H2,1H3. The highest BCUT2D eigenvalue weighted by molar-refractivity contribution is 6.33. The van der Waals surface area contributed by atoms with Gasteiger partial charge in [-0.05, 0) is 54.7 Å². The fourth-order valence-corrected chi connectivity index (χ4v) is 2.65. The zero-order chi connectivity index (χ0) is 14.5. The summed E-state index contributed by atoms with van der Waals surface area (Å²) in [5, 5.41) is 1.41. The van der Waals surface area contributed by atoms with Crippen LogP contribution in [-0.4, -0.2) is 6.04 Å². The van der Waals surface area contributed by atoms with Crippen molar-refractivity contribution in [3.05, 3.63) is 69.2 Å². The lowest BCUT2D eigenvalue weighted by molar-refractivity contribution is 0.521. The molecule has 0 aliphatic rings. The Morgan fingerprint density at radius 3 is 2.45 bits per heavy atom. The molecule has 0 saturated heterocycles. The largest absolute Gasteiger partial charge is 0.271 e. The first kappa shape index (κ1) is 15.3. The number of rotatable bonds is 5. The SMILES string of the molecule is Cc1ccccc1CC(Cc1cc(Cl)ccc1Cl)NN. The van der Waals surface area contributed by atoms with Crippen molar-refractivity contribution in [2.75, 3.05) is 0 Å². The molecule has 0 spiro atoms. The fraction of sp³-hybridized carbons (Fsp3) is 0.250. The Balaban J connectivity index is 2.13. The monoisotopic (exact) mass is 308 g/mol. The third kappa shape index (κ3) is 3.97. The van der Waals surface area contributed by atoms with Crippen LogP contribution in [0.1, 0.15) is 16.7 Å². The molecule has 4 heteroatoms. The summed E-state index contributed by atoms with van der Waals surface area (Å²) in [6.07, 6.45) is 1.59. The van der Waals surface area contributed by atoms with Gasteiger partial charge in [-0.15, -0.1) is 0 Å². The summed E-state index contributed by atoms with van der Waals surface area (Å²) in [5.74, 6) is 5.68. The van der Waals surface area contributed by atoms with Crippen molar-refractivity contribution < 1.29 is 0 Å². The van der Waals surface area contributed by atoms with Crippen molar-refractivity contribution in [3.8, 4) is 0 Å². The van der Waals surface area contributed by atoms with Gasteiger partial charge in [-0.3, -0.25) is 11.3 Å². The highest BCUT2D eigenvalue weighted by Crippen LogP contribution is 2.23. The topological polar surface area (TPSA) is 38.0 Å². The summed E-state index contributed by atoms with van der Waals surface area (Å²) >= 11 is 12.2. The number of halogens is 2. The Morgan fingerprint density at radius 2 is 1.75 bits per heavy atom. The molecule has 0 aromatic heterocycles. The molecule has 0 radical (unpaired) electrons. The van der Waals surface area contributed by atoms with E-state index in [0.29, 0.717) is 5.02 Å². The van der Waals surface area contributed by atoms with E-state index in [1.54, 1.807) is 6.07 Å². The van der Waals surface area contributed by atoms with Gasteiger partial charge < -0.3 is 0 Å². The van der Waals surface area contributed by atoms with E-state index in [4.69, 9.17) is 29.0 Å². The molecule has 0 aliphatic carbocycles. The van der Waals surface area contributed by atoms with Crippen LogP contribution in [0.4, 0.5) is 0 Å². The van der Waals surface area contributed by atoms with Crippen LogP contribution in [0, 0.1) is 6.92 Å². The number of hydrazine groups is 1. The van der Waals surface area contributed by atoms with Crippen LogP contribution >= 0.6 is 23.2 Å². The minimum absolute atomic E-state index is 0.118. The van der Waals surface area contributed by atoms with Crippen LogP contribution in [0.2, 0.25) is 10.0 Å². The lowest BCUT2D eigenvalue weighted by Crippen LogP contribution is -2.38. The Morgan fingerprint density at radius 1 is 1.05 bits per heavy atom. The summed E-state index contributed by atoms with van der Waals surface area (Å²) < 4.78 is 0. The maximum Gasteiger partial charge on any atom is 0.0439 e. The average molecular weight is 309 g/mol. The molecular formula is C16H18Cl2N2. The maximum absolute atomic E-state index is 6.20. The second kappa shape index (κ2) is 7.09. The normalized spacial score (nSPS) is 12.4. The molecule has 3 N–H and O–H groups in total. The lowest BCUT2D eigenvalue weighted by Gasteiger charge is -2.18. The van der Waals surface area contributed by atoms with E-state index in [2.05, 4.69) is 24.5 Å². The predicted octanol–water partition coefficient (Wildman–Crippen LogP) is 3.92. The molecule has 1 unspecified atom stereocenters. The van der Waals surface area contributed by atoms with Gasteiger partial charge in [0.1, 0.15) is 0 Å². The van der Waals surface area contributed by atoms with Gasteiger partial charge in [-0.25, -0.2) is 0 Å². The Bertz CT molecular complexity index is 584. The van der Waals surface area contributed by atoms with Gasteiger partial charge in [0, 0.05) is 16.1 Å². The van der Waals surface area contributed by atoms with Crippen LogP contribution < -0.4 is 11.3 Å². The van der Waals surface area contributed by atoms with E-state index in [-0.39, 0.29) is 6.04 Å². The van der Waals surface area contributed by atoms with Gasteiger partial charge in [-0.1, -0.05) is 47.5 Å². The molecule has 0 amide bonds. The van der Waals surface area contributed by atoms with Crippen LogP contribution in [0.25, 0.3) is 0 Å². The number of nitrogens with one attached hydrogen (secondary N) is 1. The fourth-order valence-electron chi connectivity index (χ4n) is 2.26. The number of hydrogen-bond acceptors (Lipinski definition) is 2. The summed E-state index contributed by atoms with van der Waals surface area (Å²) in [5.41, 5.74) is 6.44. The third-order valence-electron chi connectivity index (χ3n) is 3.44. The molecule has 0 saturated carbocycles. The molecule has 0 aliphatic heterocycles. The minimum atomic E-state index is 0.118. The molecule has 0 fully saturated rings. The van der Waals surface area contributed by atoms with E-state index < -0.39 is 0 Å². The van der Waals surface area contributed by atoms with E-state index in [0.717, 1.165) is 23.4 Å². The first-order valence-electron chi connectivity index (χ1n) is 6.54. The van der Waals surface area contributed by atoms with Crippen LogP contribution in [0.15, 0.2) is 42.5 Å². The van der Waals surface area contributed by atoms with Crippen molar-refractivity contribution in [2.24, 2.45) is 5.84 Å². The first-order valence-corrected chi connectivity index (χ1v) is 7.30. The van der Waals surface area contributed by atoms with Gasteiger partial charge in [0.05, 0.1) is 0 Å². The zero-order valence-corrected chi connectivity index (χ0v) is 12.9. The molecular weight excluding hydrogens is 291 g/mol. The number of hydrogen-bond donors (Lipinski definition) is 2. The molecule has 1 atom stereocenters. The molecule has 2 nitrogen and oxygen atoms in total. The van der Waals surface area contributed by atoms with E-state index in [1.165, 1.54) is 11.1 Å². The van der Waals surface area contributed by atoms with Crippen molar-refractivity contribution in [3.63, 3.8) is 0 Å². The third-order valence-corrected chi connectivity index (χ3v) is 4.04. The minimum Gasteiger partial charge on any atom is -0.271 e. The van der Waals surface area contributed by atoms with Crippen LogP contribution in [-0.2, 0) is 12.8 Å². The molecule has 0 bridgehead atoms. The van der Waals surface area contributed by atoms with Gasteiger partial charge in [0.15, 0.2) is 0 Å². The molecule has 2 aromatic rings. The summed E-state index contributed by atoms with van der Waals surface area (Å²) in [7, 11) is 0. The van der Waals surface area contributed by atoms with Crippen molar-refractivity contribution in [1.29, 1.82) is 0 Å². The smallest absolute Gasteiger partial charge is 0.0439 e. The van der Waals surface area contributed by atoms with Gasteiger partial charge in [0.2, 0.25) is 0 Å². The quantitative estimate of drug-likeness (QED) is 0.649. The van der Waals surface area contributed by atoms with Gasteiger partial charge >= 0.3 is 0 Å². The predicted molar refractivity (Wildman–Crippen MR) is 86.2 cm³/mol. The number of nitrogens with two attached hydrogens (primary N) is 1. The molecule has 106 valence electrons. The van der Waals surface area contributed by atoms with E-state index in [9.17, 15) is 0 Å². The summed E-state index contributed by atoms with van der Waals surface area (Å²) in [6, 6.07) is 13.9. The zero-order valence-electron chi connectivity index (χ0n) is 11.4. The Kier molecular flexibility index (Phi) is 5.44. The number of aryl methyl sites for hydroxylation is 1. The molecule has 20 heavy (non-hydrogen) atoms. The van der Waals surface area contributed by atoms with Gasteiger partial charge in [-0.2, -0.15) is 0 Å². The van der Waals surface area contributed by atoms with Crippen molar-refractivity contribution in [2.45, 2.75) is 25.8 Å². The molecule has 0 heterocycles. The van der Waals surface area contributed by atoms with Gasteiger partial charge in [0.25, 0.3) is 0 Å². The van der Waals surface area contributed by atoms with E-state index >= 15 is 0 Å². The Hall–Kier alpha value is -1.06. The lowest BCUT2D eigenvalue weighted by atomic mass is 9.97. The van der Waals surface area contributed by atoms with Crippen LogP contribution in [0.3, 0.4) is 0 Å². The maximum atomic E-state index is 6.20. The van der Waals surface area contributed by atoms with Crippen molar-refractivity contribution >= 4 is 23.2 Å². The molecule has 2 rings (SSSR count). The average Bonchev–Trinajstić information content (AvgIpc) is 2.44. The highest BCUT2D eigenvalue weighted by Gasteiger charge is 2.12. The van der Waals surface area contributed by atoms with Crippen LogP contribution in [0.5, 0.6) is 0 Å². The summed E-state index contributed by atoms with van der Waals surface area (Å²) in [4.78, 5) is 0. The first-order chi connectivity index (χ1) is 9.60. The number of benzene rings is 2. The Labute approximate surface area is 129 Å². The highest BCUT2D eigenvalue weighted by atomic mass is 35.5. The summed E-state index contributed by atoms with van der Waals surface area (Å²) in [6.45, 7) is 2.11. The second-order valence-corrected chi connectivity index (χ2v) is 5.78. The second-order valence-electron chi connectivity index (χ2n) is 4.93. The molecule has 2 aromatic carbocycles. The van der Waals surface area contributed by atoms with E-state index in [1.807, 2.05) is 24.3 Å².